The third-order valence-corrected chi connectivity index (χ3v) is 2.52. The van der Waals surface area contributed by atoms with Crippen molar-refractivity contribution in [3.63, 3.8) is 0 Å². The summed E-state index contributed by atoms with van der Waals surface area (Å²) in [4.78, 5) is 15.9. The average molecular weight is 230 g/mol. The molecule has 0 aliphatic rings. The van der Waals surface area contributed by atoms with Gasteiger partial charge in [0.2, 0.25) is 0 Å². The highest BCUT2D eigenvalue weighted by Gasteiger charge is 2.09. The van der Waals surface area contributed by atoms with E-state index in [1.165, 1.54) is 6.33 Å². The Morgan fingerprint density at radius 2 is 2.24 bits per heavy atom. The molecule has 88 valence electrons. The Balaban J connectivity index is 2.04. The van der Waals surface area contributed by atoms with Crippen LogP contribution in [0.4, 0.5) is 0 Å². The summed E-state index contributed by atoms with van der Waals surface area (Å²) in [5, 5.41) is 9.22. The highest BCUT2D eigenvalue weighted by molar-refractivity contribution is 5.95. The van der Waals surface area contributed by atoms with Gasteiger partial charge in [-0.25, -0.2) is 4.98 Å². The van der Waals surface area contributed by atoms with E-state index < -0.39 is 0 Å². The molecule has 0 aliphatic heterocycles. The van der Waals surface area contributed by atoms with Gasteiger partial charge in [0.25, 0.3) is 5.91 Å². The van der Waals surface area contributed by atoms with E-state index in [1.807, 2.05) is 31.2 Å². The van der Waals surface area contributed by atoms with Gasteiger partial charge in [0.15, 0.2) is 0 Å². The summed E-state index contributed by atoms with van der Waals surface area (Å²) in [5.74, 6) is 0.561. The number of hydrogen-bond donors (Lipinski definition) is 2. The van der Waals surface area contributed by atoms with Crippen LogP contribution in [0.2, 0.25) is 0 Å². The van der Waals surface area contributed by atoms with Crippen molar-refractivity contribution in [2.45, 2.75) is 19.9 Å². The van der Waals surface area contributed by atoms with E-state index in [9.17, 15) is 4.79 Å². The van der Waals surface area contributed by atoms with Crippen molar-refractivity contribution in [2.75, 3.05) is 0 Å². The molecule has 5 nitrogen and oxygen atoms in total. The number of hydrogen-bond acceptors (Lipinski definition) is 3. The molecule has 1 amide bonds. The van der Waals surface area contributed by atoms with Crippen molar-refractivity contribution in [2.24, 2.45) is 0 Å². The van der Waals surface area contributed by atoms with E-state index in [2.05, 4.69) is 20.5 Å². The van der Waals surface area contributed by atoms with Crippen LogP contribution in [0.3, 0.4) is 0 Å². The first kappa shape index (κ1) is 11.3. The first-order chi connectivity index (χ1) is 8.31. The first-order valence-electron chi connectivity index (χ1n) is 5.51. The van der Waals surface area contributed by atoms with Gasteiger partial charge < -0.3 is 5.32 Å². The fraction of sp³-hybridized carbons (Fsp3) is 0.250. The van der Waals surface area contributed by atoms with Crippen LogP contribution in [0.5, 0.6) is 0 Å². The topological polar surface area (TPSA) is 70.7 Å². The summed E-state index contributed by atoms with van der Waals surface area (Å²) < 4.78 is 0. The Hall–Kier alpha value is -2.17. The van der Waals surface area contributed by atoms with E-state index in [-0.39, 0.29) is 5.91 Å². The van der Waals surface area contributed by atoms with Crippen LogP contribution in [0.25, 0.3) is 0 Å². The molecule has 0 spiro atoms. The maximum absolute atomic E-state index is 11.9. The van der Waals surface area contributed by atoms with E-state index in [0.29, 0.717) is 12.4 Å². The lowest BCUT2D eigenvalue weighted by molar-refractivity contribution is 0.0949. The second-order valence-corrected chi connectivity index (χ2v) is 3.63. The second-order valence-electron chi connectivity index (χ2n) is 3.63. The summed E-state index contributed by atoms with van der Waals surface area (Å²) in [6.45, 7) is 2.39. The Labute approximate surface area is 99.3 Å². The van der Waals surface area contributed by atoms with Crippen molar-refractivity contribution < 1.29 is 4.79 Å². The van der Waals surface area contributed by atoms with Gasteiger partial charge in [0.1, 0.15) is 12.2 Å². The van der Waals surface area contributed by atoms with Gasteiger partial charge in [-0.2, -0.15) is 5.10 Å². The van der Waals surface area contributed by atoms with Crippen LogP contribution in [-0.2, 0) is 13.0 Å². The summed E-state index contributed by atoms with van der Waals surface area (Å²) in [7, 11) is 0. The maximum Gasteiger partial charge on any atom is 0.251 e. The number of amides is 1. The molecule has 1 aromatic carbocycles. The Morgan fingerprint density at radius 1 is 1.41 bits per heavy atom. The van der Waals surface area contributed by atoms with Crippen molar-refractivity contribution in [1.29, 1.82) is 0 Å². The van der Waals surface area contributed by atoms with Crippen molar-refractivity contribution in [3.8, 4) is 0 Å². The van der Waals surface area contributed by atoms with Crippen molar-refractivity contribution >= 4 is 5.91 Å². The SMILES string of the molecule is CCc1ccccc1C(=O)NCc1ncn[nH]1. The lowest BCUT2D eigenvalue weighted by atomic mass is 10.0. The van der Waals surface area contributed by atoms with Crippen LogP contribution in [0.1, 0.15) is 28.7 Å². The molecule has 2 rings (SSSR count). The molecule has 0 bridgehead atoms. The molecule has 0 aliphatic carbocycles. The number of aromatic nitrogens is 3. The number of carbonyl (C=O) groups excluding carboxylic acids is 1. The van der Waals surface area contributed by atoms with Gasteiger partial charge in [0.05, 0.1) is 6.54 Å². The zero-order valence-corrected chi connectivity index (χ0v) is 9.60. The van der Waals surface area contributed by atoms with E-state index in [4.69, 9.17) is 0 Å². The highest BCUT2D eigenvalue weighted by Crippen LogP contribution is 2.09. The molecule has 17 heavy (non-hydrogen) atoms. The van der Waals surface area contributed by atoms with Gasteiger partial charge in [-0.05, 0) is 18.1 Å². The Bertz CT molecular complexity index is 493. The average Bonchev–Trinajstić information content (AvgIpc) is 2.89. The molecular weight excluding hydrogens is 216 g/mol. The number of rotatable bonds is 4. The number of aryl methyl sites for hydroxylation is 1. The van der Waals surface area contributed by atoms with Gasteiger partial charge in [-0.3, -0.25) is 9.89 Å². The van der Waals surface area contributed by atoms with Crippen LogP contribution < -0.4 is 5.32 Å². The molecule has 1 heterocycles. The molecule has 1 aromatic heterocycles. The molecule has 2 aromatic rings. The summed E-state index contributed by atoms with van der Waals surface area (Å²) in [6, 6.07) is 7.59. The Morgan fingerprint density at radius 3 is 2.94 bits per heavy atom. The molecule has 0 saturated heterocycles. The molecule has 0 fully saturated rings. The summed E-state index contributed by atoms with van der Waals surface area (Å²) in [6.07, 6.45) is 2.26. The van der Waals surface area contributed by atoms with E-state index in [1.54, 1.807) is 0 Å². The van der Waals surface area contributed by atoms with Crippen molar-refractivity contribution in [1.82, 2.24) is 20.5 Å². The lowest BCUT2D eigenvalue weighted by Crippen LogP contribution is -2.24. The molecule has 0 atom stereocenters. The van der Waals surface area contributed by atoms with E-state index in [0.717, 1.165) is 17.5 Å². The number of nitrogens with one attached hydrogen (secondary N) is 2. The van der Waals surface area contributed by atoms with Crippen LogP contribution in [0.15, 0.2) is 30.6 Å². The number of nitrogens with zero attached hydrogens (tertiary/aromatic N) is 2. The molecule has 0 saturated carbocycles. The third kappa shape index (κ3) is 2.69. The minimum Gasteiger partial charge on any atom is -0.345 e. The molecule has 0 unspecified atom stereocenters. The zero-order valence-electron chi connectivity index (χ0n) is 9.60. The normalized spacial score (nSPS) is 10.2. The Kier molecular flexibility index (Phi) is 3.49. The van der Waals surface area contributed by atoms with Crippen molar-refractivity contribution in [3.05, 3.63) is 47.5 Å². The summed E-state index contributed by atoms with van der Waals surface area (Å²) >= 11 is 0. The minimum atomic E-state index is -0.0844. The van der Waals surface area contributed by atoms with Gasteiger partial charge in [-0.15, -0.1) is 0 Å². The minimum absolute atomic E-state index is 0.0844. The van der Waals surface area contributed by atoms with Gasteiger partial charge >= 0.3 is 0 Å². The number of aromatic amines is 1. The number of benzene rings is 1. The molecule has 5 heteroatoms. The number of carbonyl (C=O) groups is 1. The third-order valence-electron chi connectivity index (χ3n) is 2.52. The molecule has 2 N–H and O–H groups in total. The maximum atomic E-state index is 11.9. The van der Waals surface area contributed by atoms with Crippen LogP contribution in [0, 0.1) is 0 Å². The van der Waals surface area contributed by atoms with E-state index >= 15 is 0 Å². The molecule has 0 radical (unpaired) electrons. The van der Waals surface area contributed by atoms with Crippen LogP contribution in [-0.4, -0.2) is 21.1 Å². The monoisotopic (exact) mass is 230 g/mol. The summed E-state index contributed by atoms with van der Waals surface area (Å²) in [5.41, 5.74) is 1.76. The molecular formula is C12H14N4O. The smallest absolute Gasteiger partial charge is 0.251 e. The van der Waals surface area contributed by atoms with Crippen LogP contribution >= 0.6 is 0 Å². The predicted octanol–water partition coefficient (Wildman–Crippen LogP) is 1.30. The first-order valence-corrected chi connectivity index (χ1v) is 5.51. The van der Waals surface area contributed by atoms with Gasteiger partial charge in [0, 0.05) is 5.56 Å². The largest absolute Gasteiger partial charge is 0.345 e. The quantitative estimate of drug-likeness (QED) is 0.831. The highest BCUT2D eigenvalue weighted by atomic mass is 16.1. The number of H-pyrrole nitrogens is 1. The van der Waals surface area contributed by atoms with Gasteiger partial charge in [-0.1, -0.05) is 25.1 Å². The fourth-order valence-electron chi connectivity index (χ4n) is 1.63. The predicted molar refractivity (Wildman–Crippen MR) is 63.4 cm³/mol. The standard InChI is InChI=1S/C12H14N4O/c1-2-9-5-3-4-6-10(9)12(17)13-7-11-14-8-15-16-11/h3-6,8H,2,7H2,1H3,(H,13,17)(H,14,15,16). The zero-order chi connectivity index (χ0) is 12.1. The fourth-order valence-corrected chi connectivity index (χ4v) is 1.63. The lowest BCUT2D eigenvalue weighted by Gasteiger charge is -2.07. The second kappa shape index (κ2) is 5.25.